The minimum absolute atomic E-state index is 0.0875. The lowest BCUT2D eigenvalue weighted by molar-refractivity contribution is 0.112. The van der Waals surface area contributed by atoms with Crippen LogP contribution in [0.5, 0.6) is 0 Å². The van der Waals surface area contributed by atoms with E-state index in [1.54, 1.807) is 0 Å². The molecule has 1 rings (SSSR count). The van der Waals surface area contributed by atoms with Crippen LogP contribution in [-0.2, 0) is 0 Å². The van der Waals surface area contributed by atoms with Crippen LogP contribution in [0.25, 0.3) is 0 Å². The lowest BCUT2D eigenvalue weighted by Gasteiger charge is -2.00. The van der Waals surface area contributed by atoms with Gasteiger partial charge in [-0.3, -0.25) is 14.6 Å². The first-order valence-electron chi connectivity index (χ1n) is 3.22. The van der Waals surface area contributed by atoms with Gasteiger partial charge in [0.2, 0.25) is 5.95 Å². The molecule has 6 heteroatoms. The SMILES string of the molecule is O=Cc1cc(C(F)F)c(F)[nH]c1=O. The first kappa shape index (κ1) is 9.50. The Bertz CT molecular complexity index is 386. The normalized spacial score (nSPS) is 10.5. The number of pyridine rings is 1. The predicted octanol–water partition coefficient (Wildman–Crippen LogP) is 1.26. The van der Waals surface area contributed by atoms with Crippen LogP contribution in [0.2, 0.25) is 0 Å². The first-order valence-corrected chi connectivity index (χ1v) is 3.22. The number of aromatic amines is 1. The number of hydrogen-bond acceptors (Lipinski definition) is 2. The fourth-order valence-electron chi connectivity index (χ4n) is 0.787. The van der Waals surface area contributed by atoms with Gasteiger partial charge in [-0.25, -0.2) is 8.78 Å². The highest BCUT2D eigenvalue weighted by molar-refractivity contribution is 5.74. The molecule has 0 aliphatic heterocycles. The summed E-state index contributed by atoms with van der Waals surface area (Å²) in [5, 5.41) is 0. The van der Waals surface area contributed by atoms with Crippen LogP contribution in [-0.4, -0.2) is 11.3 Å². The van der Waals surface area contributed by atoms with E-state index in [4.69, 9.17) is 0 Å². The van der Waals surface area contributed by atoms with E-state index in [-0.39, 0.29) is 6.29 Å². The molecule has 0 fully saturated rings. The maximum Gasteiger partial charge on any atom is 0.268 e. The lowest BCUT2D eigenvalue weighted by atomic mass is 10.2. The molecule has 0 saturated carbocycles. The molecule has 0 radical (unpaired) electrons. The van der Waals surface area contributed by atoms with Gasteiger partial charge in [0.1, 0.15) is 0 Å². The predicted molar refractivity (Wildman–Crippen MR) is 37.4 cm³/mol. The summed E-state index contributed by atoms with van der Waals surface area (Å²) in [6.07, 6.45) is -2.97. The van der Waals surface area contributed by atoms with E-state index >= 15 is 0 Å². The number of halogens is 3. The van der Waals surface area contributed by atoms with Crippen molar-refractivity contribution in [2.75, 3.05) is 0 Å². The van der Waals surface area contributed by atoms with Crippen molar-refractivity contribution in [3.8, 4) is 0 Å². The van der Waals surface area contributed by atoms with Crippen LogP contribution in [0.4, 0.5) is 13.2 Å². The number of alkyl halides is 2. The molecule has 0 aliphatic carbocycles. The number of rotatable bonds is 2. The van der Waals surface area contributed by atoms with Gasteiger partial charge in [0.25, 0.3) is 12.0 Å². The highest BCUT2D eigenvalue weighted by Crippen LogP contribution is 2.19. The van der Waals surface area contributed by atoms with Crippen LogP contribution < -0.4 is 5.56 Å². The molecule has 1 N–H and O–H groups in total. The number of H-pyrrole nitrogens is 1. The Hall–Kier alpha value is -1.59. The maximum atomic E-state index is 12.6. The summed E-state index contributed by atoms with van der Waals surface area (Å²) >= 11 is 0. The van der Waals surface area contributed by atoms with E-state index in [9.17, 15) is 22.8 Å². The summed E-state index contributed by atoms with van der Waals surface area (Å²) in [4.78, 5) is 22.3. The Labute approximate surface area is 70.2 Å². The zero-order chi connectivity index (χ0) is 10.0. The van der Waals surface area contributed by atoms with Crippen LogP contribution in [0, 0.1) is 5.95 Å². The van der Waals surface area contributed by atoms with Crippen LogP contribution in [0.15, 0.2) is 10.9 Å². The summed E-state index contributed by atoms with van der Waals surface area (Å²) in [5.74, 6) is -1.41. The average molecular weight is 191 g/mol. The topological polar surface area (TPSA) is 49.9 Å². The van der Waals surface area contributed by atoms with Crippen LogP contribution >= 0.6 is 0 Å². The molecule has 0 bridgehead atoms. The summed E-state index contributed by atoms with van der Waals surface area (Å²) < 4.78 is 36.6. The monoisotopic (exact) mass is 191 g/mol. The lowest BCUT2D eigenvalue weighted by Crippen LogP contribution is -2.15. The molecule has 13 heavy (non-hydrogen) atoms. The standard InChI is InChI=1S/C7H4F3NO2/c8-5(9)4-1-3(2-12)7(13)11-6(4)10/h1-2,5H,(H,11,13). The van der Waals surface area contributed by atoms with Gasteiger partial charge in [0, 0.05) is 0 Å². The van der Waals surface area contributed by atoms with Crippen molar-refractivity contribution < 1.29 is 18.0 Å². The van der Waals surface area contributed by atoms with Crippen LogP contribution in [0.1, 0.15) is 22.3 Å². The number of hydrogen-bond donors (Lipinski definition) is 1. The van der Waals surface area contributed by atoms with Gasteiger partial charge in [0.15, 0.2) is 6.29 Å². The molecule has 0 aliphatic rings. The molecule has 1 aromatic rings. The van der Waals surface area contributed by atoms with Gasteiger partial charge in [-0.05, 0) is 6.07 Å². The van der Waals surface area contributed by atoms with E-state index in [1.807, 2.05) is 0 Å². The molecule has 0 spiro atoms. The molecule has 3 nitrogen and oxygen atoms in total. The molecule has 1 heterocycles. The van der Waals surface area contributed by atoms with Gasteiger partial charge in [-0.2, -0.15) is 4.39 Å². The maximum absolute atomic E-state index is 12.6. The molecular formula is C7H4F3NO2. The van der Waals surface area contributed by atoms with Crippen molar-refractivity contribution in [1.82, 2.24) is 4.98 Å². The summed E-state index contributed by atoms with van der Waals surface area (Å²) in [7, 11) is 0. The smallest absolute Gasteiger partial charge is 0.268 e. The van der Waals surface area contributed by atoms with E-state index in [2.05, 4.69) is 0 Å². The molecular weight excluding hydrogens is 187 g/mol. The average Bonchev–Trinajstić information content (AvgIpc) is 2.03. The summed E-state index contributed by atoms with van der Waals surface area (Å²) in [6.45, 7) is 0. The second-order valence-electron chi connectivity index (χ2n) is 2.24. The van der Waals surface area contributed by atoms with Gasteiger partial charge >= 0.3 is 0 Å². The van der Waals surface area contributed by atoms with Gasteiger partial charge < -0.3 is 0 Å². The Morgan fingerprint density at radius 1 is 1.46 bits per heavy atom. The van der Waals surface area contributed by atoms with E-state index < -0.39 is 29.1 Å². The van der Waals surface area contributed by atoms with E-state index in [1.165, 1.54) is 4.98 Å². The van der Waals surface area contributed by atoms with Gasteiger partial charge in [0.05, 0.1) is 11.1 Å². The highest BCUT2D eigenvalue weighted by atomic mass is 19.3. The van der Waals surface area contributed by atoms with Crippen LogP contribution in [0.3, 0.4) is 0 Å². The van der Waals surface area contributed by atoms with E-state index in [0.29, 0.717) is 6.07 Å². The third kappa shape index (κ3) is 1.77. The molecule has 0 aromatic carbocycles. The largest absolute Gasteiger partial charge is 0.298 e. The molecule has 0 saturated heterocycles. The minimum atomic E-state index is -3.06. The fraction of sp³-hybridized carbons (Fsp3) is 0.143. The van der Waals surface area contributed by atoms with Crippen molar-refractivity contribution in [2.45, 2.75) is 6.43 Å². The Morgan fingerprint density at radius 2 is 2.08 bits per heavy atom. The Kier molecular flexibility index (Phi) is 2.50. The molecule has 1 aromatic heterocycles. The zero-order valence-electron chi connectivity index (χ0n) is 6.18. The third-order valence-electron chi connectivity index (χ3n) is 1.41. The van der Waals surface area contributed by atoms with Crippen molar-refractivity contribution in [2.24, 2.45) is 0 Å². The van der Waals surface area contributed by atoms with Crippen molar-refractivity contribution >= 4 is 6.29 Å². The first-order chi connectivity index (χ1) is 6.06. The quantitative estimate of drug-likeness (QED) is 0.565. The second kappa shape index (κ2) is 3.42. The van der Waals surface area contributed by atoms with Gasteiger partial charge in [-0.1, -0.05) is 0 Å². The second-order valence-corrected chi connectivity index (χ2v) is 2.24. The molecule has 0 amide bonds. The number of aromatic nitrogens is 1. The summed E-state index contributed by atoms with van der Waals surface area (Å²) in [5.41, 5.74) is -2.52. The van der Waals surface area contributed by atoms with Gasteiger partial charge in [-0.15, -0.1) is 0 Å². The number of carbonyl (C=O) groups is 1. The number of carbonyl (C=O) groups excluding carboxylic acids is 1. The summed E-state index contributed by atoms with van der Waals surface area (Å²) in [6, 6.07) is 0.534. The Morgan fingerprint density at radius 3 is 2.54 bits per heavy atom. The number of aldehydes is 1. The molecule has 0 unspecified atom stereocenters. The third-order valence-corrected chi connectivity index (χ3v) is 1.41. The minimum Gasteiger partial charge on any atom is -0.298 e. The highest BCUT2D eigenvalue weighted by Gasteiger charge is 2.16. The van der Waals surface area contributed by atoms with Crippen molar-refractivity contribution in [1.29, 1.82) is 0 Å². The molecule has 0 atom stereocenters. The fourth-order valence-corrected chi connectivity index (χ4v) is 0.787. The van der Waals surface area contributed by atoms with Crippen molar-refractivity contribution in [3.05, 3.63) is 33.5 Å². The Balaban J connectivity index is 3.39. The zero-order valence-corrected chi connectivity index (χ0v) is 6.18. The number of nitrogens with one attached hydrogen (secondary N) is 1. The molecule has 70 valence electrons. The van der Waals surface area contributed by atoms with E-state index in [0.717, 1.165) is 0 Å². The van der Waals surface area contributed by atoms with Crippen molar-refractivity contribution in [3.63, 3.8) is 0 Å².